The van der Waals surface area contributed by atoms with E-state index in [0.717, 1.165) is 31.2 Å². The molecule has 0 aliphatic rings. The number of hydrogen-bond donors (Lipinski definition) is 1. The molecule has 0 aliphatic heterocycles. The fourth-order valence-electron chi connectivity index (χ4n) is 2.95. The standard InChI is InChI=1S/C19H33NO/c1-5-11-20-15-18(12-16(6-2)7-3)13-17-9-8-10-19(14-17)21-4/h8-10,14,16,18,20H,5-7,11-13,15H2,1-4H3. The molecule has 2 heteroatoms. The van der Waals surface area contributed by atoms with Crippen LogP contribution in [0.5, 0.6) is 5.75 Å². The van der Waals surface area contributed by atoms with E-state index in [-0.39, 0.29) is 0 Å². The van der Waals surface area contributed by atoms with E-state index < -0.39 is 0 Å². The largest absolute Gasteiger partial charge is 0.497 e. The second-order valence-corrected chi connectivity index (χ2v) is 6.04. The molecule has 0 amide bonds. The van der Waals surface area contributed by atoms with Gasteiger partial charge in [-0.25, -0.2) is 0 Å². The van der Waals surface area contributed by atoms with E-state index in [1.165, 1.54) is 31.2 Å². The van der Waals surface area contributed by atoms with Crippen LogP contribution in [0.4, 0.5) is 0 Å². The Balaban J connectivity index is 2.65. The minimum atomic E-state index is 0.716. The first-order valence-corrected chi connectivity index (χ1v) is 8.57. The van der Waals surface area contributed by atoms with Crippen LogP contribution in [-0.4, -0.2) is 20.2 Å². The van der Waals surface area contributed by atoms with Gasteiger partial charge >= 0.3 is 0 Å². The molecule has 0 saturated carbocycles. The number of nitrogens with one attached hydrogen (secondary N) is 1. The molecule has 2 nitrogen and oxygen atoms in total. The molecule has 1 rings (SSSR count). The summed E-state index contributed by atoms with van der Waals surface area (Å²) >= 11 is 0. The van der Waals surface area contributed by atoms with Crippen LogP contribution in [0.3, 0.4) is 0 Å². The van der Waals surface area contributed by atoms with Crippen molar-refractivity contribution in [1.29, 1.82) is 0 Å². The highest BCUT2D eigenvalue weighted by Crippen LogP contribution is 2.23. The highest BCUT2D eigenvalue weighted by Gasteiger charge is 2.15. The minimum absolute atomic E-state index is 0.716. The molecule has 120 valence electrons. The summed E-state index contributed by atoms with van der Waals surface area (Å²) in [6.07, 6.45) is 6.25. The Morgan fingerprint density at radius 1 is 1.10 bits per heavy atom. The van der Waals surface area contributed by atoms with Crippen molar-refractivity contribution in [3.8, 4) is 5.75 Å². The molecule has 0 radical (unpaired) electrons. The summed E-state index contributed by atoms with van der Waals surface area (Å²) in [5, 5.41) is 3.61. The fraction of sp³-hybridized carbons (Fsp3) is 0.684. The lowest BCUT2D eigenvalue weighted by molar-refractivity contribution is 0.338. The van der Waals surface area contributed by atoms with Crippen molar-refractivity contribution < 1.29 is 4.74 Å². The van der Waals surface area contributed by atoms with Gasteiger partial charge in [-0.1, -0.05) is 45.7 Å². The van der Waals surface area contributed by atoms with Crippen molar-refractivity contribution in [2.24, 2.45) is 11.8 Å². The molecule has 21 heavy (non-hydrogen) atoms. The first-order valence-electron chi connectivity index (χ1n) is 8.57. The van der Waals surface area contributed by atoms with E-state index in [0.29, 0.717) is 5.92 Å². The third-order valence-corrected chi connectivity index (χ3v) is 4.34. The fourth-order valence-corrected chi connectivity index (χ4v) is 2.95. The van der Waals surface area contributed by atoms with Gasteiger partial charge in [0.1, 0.15) is 5.75 Å². The molecule has 0 aromatic heterocycles. The topological polar surface area (TPSA) is 21.3 Å². The predicted octanol–water partition coefficient (Wildman–Crippen LogP) is 4.68. The maximum Gasteiger partial charge on any atom is 0.119 e. The summed E-state index contributed by atoms with van der Waals surface area (Å²) in [6, 6.07) is 8.53. The van der Waals surface area contributed by atoms with Crippen molar-refractivity contribution in [1.82, 2.24) is 5.32 Å². The average Bonchev–Trinajstić information content (AvgIpc) is 2.52. The summed E-state index contributed by atoms with van der Waals surface area (Å²) < 4.78 is 5.34. The Morgan fingerprint density at radius 3 is 2.48 bits per heavy atom. The van der Waals surface area contributed by atoms with E-state index in [9.17, 15) is 0 Å². The second-order valence-electron chi connectivity index (χ2n) is 6.04. The van der Waals surface area contributed by atoms with Crippen LogP contribution >= 0.6 is 0 Å². The first-order chi connectivity index (χ1) is 10.2. The van der Waals surface area contributed by atoms with Crippen LogP contribution in [0.15, 0.2) is 24.3 Å². The van der Waals surface area contributed by atoms with Crippen LogP contribution in [0.1, 0.15) is 52.0 Å². The number of rotatable bonds is 11. The summed E-state index contributed by atoms with van der Waals surface area (Å²) in [5.41, 5.74) is 1.39. The van der Waals surface area contributed by atoms with E-state index in [4.69, 9.17) is 4.74 Å². The van der Waals surface area contributed by atoms with Gasteiger partial charge in [0.05, 0.1) is 7.11 Å². The van der Waals surface area contributed by atoms with Crippen LogP contribution in [0.25, 0.3) is 0 Å². The van der Waals surface area contributed by atoms with E-state index in [1.54, 1.807) is 7.11 Å². The Hall–Kier alpha value is -1.02. The lowest BCUT2D eigenvalue weighted by Gasteiger charge is -2.23. The number of hydrogen-bond acceptors (Lipinski definition) is 2. The van der Waals surface area contributed by atoms with Gasteiger partial charge in [0.2, 0.25) is 0 Å². The molecule has 1 aromatic carbocycles. The van der Waals surface area contributed by atoms with Gasteiger partial charge < -0.3 is 10.1 Å². The molecular weight excluding hydrogens is 258 g/mol. The van der Waals surface area contributed by atoms with Crippen LogP contribution in [0.2, 0.25) is 0 Å². The van der Waals surface area contributed by atoms with Gasteiger partial charge in [0, 0.05) is 0 Å². The molecule has 0 spiro atoms. The van der Waals surface area contributed by atoms with Crippen LogP contribution in [0, 0.1) is 11.8 Å². The maximum atomic E-state index is 5.34. The van der Waals surface area contributed by atoms with Crippen LogP contribution in [-0.2, 0) is 6.42 Å². The van der Waals surface area contributed by atoms with Crippen molar-refractivity contribution in [2.45, 2.75) is 52.9 Å². The summed E-state index contributed by atoms with van der Waals surface area (Å²) in [7, 11) is 1.74. The average molecular weight is 291 g/mol. The summed E-state index contributed by atoms with van der Waals surface area (Å²) in [6.45, 7) is 9.11. The zero-order valence-electron chi connectivity index (χ0n) is 14.3. The number of methoxy groups -OCH3 is 1. The lowest BCUT2D eigenvalue weighted by Crippen LogP contribution is -2.26. The van der Waals surface area contributed by atoms with Gasteiger partial charge in [0.25, 0.3) is 0 Å². The SMILES string of the molecule is CCCNCC(Cc1cccc(OC)c1)CC(CC)CC. The summed E-state index contributed by atoms with van der Waals surface area (Å²) in [4.78, 5) is 0. The Bertz CT molecular complexity index is 374. The highest BCUT2D eigenvalue weighted by molar-refractivity contribution is 5.28. The summed E-state index contributed by atoms with van der Waals surface area (Å²) in [5.74, 6) is 2.54. The quantitative estimate of drug-likeness (QED) is 0.598. The van der Waals surface area contributed by atoms with E-state index in [2.05, 4.69) is 44.3 Å². The monoisotopic (exact) mass is 291 g/mol. The van der Waals surface area contributed by atoms with Crippen LogP contribution < -0.4 is 10.1 Å². The van der Waals surface area contributed by atoms with Gasteiger partial charge in [-0.05, 0) is 61.9 Å². The van der Waals surface area contributed by atoms with E-state index >= 15 is 0 Å². The molecule has 0 fully saturated rings. The molecule has 0 heterocycles. The van der Waals surface area contributed by atoms with Crippen molar-refractivity contribution in [3.05, 3.63) is 29.8 Å². The van der Waals surface area contributed by atoms with Gasteiger partial charge in [-0.15, -0.1) is 0 Å². The minimum Gasteiger partial charge on any atom is -0.497 e. The predicted molar refractivity (Wildman–Crippen MR) is 92.0 cm³/mol. The third kappa shape index (κ3) is 6.99. The number of ether oxygens (including phenoxy) is 1. The molecule has 0 bridgehead atoms. The van der Waals surface area contributed by atoms with Crippen molar-refractivity contribution in [2.75, 3.05) is 20.2 Å². The van der Waals surface area contributed by atoms with Gasteiger partial charge in [-0.3, -0.25) is 0 Å². The van der Waals surface area contributed by atoms with E-state index in [1.807, 2.05) is 6.07 Å². The zero-order valence-corrected chi connectivity index (χ0v) is 14.3. The Morgan fingerprint density at radius 2 is 1.86 bits per heavy atom. The molecular formula is C19H33NO. The Labute approximate surface area is 131 Å². The van der Waals surface area contributed by atoms with Crippen molar-refractivity contribution >= 4 is 0 Å². The third-order valence-electron chi connectivity index (χ3n) is 4.34. The first kappa shape index (κ1) is 18.0. The maximum absolute atomic E-state index is 5.34. The Kier molecular flexibility index (Phi) is 9.16. The molecule has 0 aliphatic carbocycles. The van der Waals surface area contributed by atoms with Gasteiger partial charge in [-0.2, -0.15) is 0 Å². The lowest BCUT2D eigenvalue weighted by atomic mass is 9.86. The smallest absolute Gasteiger partial charge is 0.119 e. The molecule has 1 N–H and O–H groups in total. The zero-order chi connectivity index (χ0) is 15.5. The second kappa shape index (κ2) is 10.7. The number of benzene rings is 1. The molecule has 1 unspecified atom stereocenters. The van der Waals surface area contributed by atoms with Gasteiger partial charge in [0.15, 0.2) is 0 Å². The molecule has 1 aromatic rings. The van der Waals surface area contributed by atoms with Crippen molar-refractivity contribution in [3.63, 3.8) is 0 Å². The molecule has 0 saturated heterocycles. The molecule has 1 atom stereocenters. The normalized spacial score (nSPS) is 12.6. The highest BCUT2D eigenvalue weighted by atomic mass is 16.5.